The number of rotatable bonds is 5. The predicted molar refractivity (Wildman–Crippen MR) is 53.5 cm³/mol. The summed E-state index contributed by atoms with van der Waals surface area (Å²) in [5, 5.41) is 0. The summed E-state index contributed by atoms with van der Waals surface area (Å²) >= 11 is 0. The van der Waals surface area contributed by atoms with Crippen molar-refractivity contribution in [2.75, 3.05) is 0 Å². The SMILES string of the molecule is CC(CCC(C)C(C)C(F)(F)F)CC(F)(F)F. The maximum absolute atomic E-state index is 12.3. The summed E-state index contributed by atoms with van der Waals surface area (Å²) < 4.78 is 72.9. The van der Waals surface area contributed by atoms with Crippen LogP contribution in [0.15, 0.2) is 0 Å². The molecule has 0 nitrogen and oxygen atoms in total. The van der Waals surface area contributed by atoms with Gasteiger partial charge in [-0.1, -0.05) is 27.2 Å². The molecule has 0 saturated carbocycles. The second-order valence-corrected chi connectivity index (χ2v) is 4.81. The van der Waals surface area contributed by atoms with E-state index in [1.807, 2.05) is 0 Å². The van der Waals surface area contributed by atoms with E-state index in [9.17, 15) is 26.3 Å². The average molecular weight is 264 g/mol. The molecule has 0 saturated heterocycles. The van der Waals surface area contributed by atoms with Gasteiger partial charge in [-0.15, -0.1) is 0 Å². The Morgan fingerprint density at radius 1 is 0.824 bits per heavy atom. The molecule has 0 amide bonds. The molecule has 0 aromatic heterocycles. The summed E-state index contributed by atoms with van der Waals surface area (Å²) in [6.45, 7) is 3.91. The maximum atomic E-state index is 12.3. The van der Waals surface area contributed by atoms with Crippen LogP contribution in [0.2, 0.25) is 0 Å². The van der Waals surface area contributed by atoms with E-state index in [-0.39, 0.29) is 12.8 Å². The zero-order valence-electron chi connectivity index (χ0n) is 10.1. The zero-order chi connectivity index (χ0) is 13.9. The highest BCUT2D eigenvalue weighted by Crippen LogP contribution is 2.35. The van der Waals surface area contributed by atoms with Gasteiger partial charge in [-0.25, -0.2) is 0 Å². The van der Waals surface area contributed by atoms with Gasteiger partial charge in [0.25, 0.3) is 0 Å². The van der Waals surface area contributed by atoms with Crippen molar-refractivity contribution in [3.8, 4) is 0 Å². The monoisotopic (exact) mass is 264 g/mol. The summed E-state index contributed by atoms with van der Waals surface area (Å²) in [5.41, 5.74) is 0. The van der Waals surface area contributed by atoms with E-state index in [0.717, 1.165) is 6.92 Å². The fourth-order valence-electron chi connectivity index (χ4n) is 1.62. The Labute approximate surface area is 97.4 Å². The van der Waals surface area contributed by atoms with Crippen LogP contribution in [0, 0.1) is 17.8 Å². The Kier molecular flexibility index (Phi) is 5.81. The lowest BCUT2D eigenvalue weighted by Crippen LogP contribution is -2.26. The first kappa shape index (κ1) is 16.6. The fraction of sp³-hybridized carbons (Fsp3) is 1.00. The van der Waals surface area contributed by atoms with E-state index in [2.05, 4.69) is 0 Å². The summed E-state index contributed by atoms with van der Waals surface area (Å²) in [4.78, 5) is 0. The predicted octanol–water partition coefficient (Wildman–Crippen LogP) is 5.19. The second-order valence-electron chi connectivity index (χ2n) is 4.81. The van der Waals surface area contributed by atoms with E-state index in [4.69, 9.17) is 0 Å². The minimum absolute atomic E-state index is 0.165. The lowest BCUT2D eigenvalue weighted by molar-refractivity contribution is -0.183. The van der Waals surface area contributed by atoms with Gasteiger partial charge in [0.05, 0.1) is 5.92 Å². The zero-order valence-corrected chi connectivity index (χ0v) is 10.1. The van der Waals surface area contributed by atoms with Crippen molar-refractivity contribution in [2.45, 2.75) is 52.4 Å². The Morgan fingerprint density at radius 3 is 1.65 bits per heavy atom. The van der Waals surface area contributed by atoms with Crippen LogP contribution in [-0.4, -0.2) is 12.4 Å². The van der Waals surface area contributed by atoms with Crippen molar-refractivity contribution >= 4 is 0 Å². The molecule has 3 unspecified atom stereocenters. The quantitative estimate of drug-likeness (QED) is 0.599. The molecule has 0 aromatic carbocycles. The van der Waals surface area contributed by atoms with Crippen LogP contribution < -0.4 is 0 Å². The fourth-order valence-corrected chi connectivity index (χ4v) is 1.62. The molecule has 6 heteroatoms. The van der Waals surface area contributed by atoms with Crippen LogP contribution in [-0.2, 0) is 0 Å². The Balaban J connectivity index is 4.04. The molecular formula is C11H18F6. The van der Waals surface area contributed by atoms with Crippen molar-refractivity contribution in [1.82, 2.24) is 0 Å². The lowest BCUT2D eigenvalue weighted by atomic mass is 9.87. The summed E-state index contributed by atoms with van der Waals surface area (Å²) in [5.74, 6) is -2.75. The molecule has 0 heterocycles. The molecule has 0 fully saturated rings. The van der Waals surface area contributed by atoms with E-state index < -0.39 is 36.5 Å². The van der Waals surface area contributed by atoms with E-state index >= 15 is 0 Å². The largest absolute Gasteiger partial charge is 0.391 e. The second kappa shape index (κ2) is 5.96. The topological polar surface area (TPSA) is 0 Å². The average Bonchev–Trinajstić information content (AvgIpc) is 2.08. The first-order valence-electron chi connectivity index (χ1n) is 5.57. The van der Waals surface area contributed by atoms with Crippen LogP contribution in [0.3, 0.4) is 0 Å². The lowest BCUT2D eigenvalue weighted by Gasteiger charge is -2.24. The van der Waals surface area contributed by atoms with Gasteiger partial charge in [-0.2, -0.15) is 26.3 Å². The van der Waals surface area contributed by atoms with Gasteiger partial charge in [-0.3, -0.25) is 0 Å². The third-order valence-electron chi connectivity index (χ3n) is 3.06. The minimum atomic E-state index is -4.27. The molecule has 0 spiro atoms. The molecule has 0 N–H and O–H groups in total. The van der Waals surface area contributed by atoms with Crippen molar-refractivity contribution < 1.29 is 26.3 Å². The van der Waals surface area contributed by atoms with Gasteiger partial charge in [0.2, 0.25) is 0 Å². The highest BCUT2D eigenvalue weighted by atomic mass is 19.4. The molecule has 0 aliphatic rings. The molecule has 0 aromatic rings. The van der Waals surface area contributed by atoms with Gasteiger partial charge < -0.3 is 0 Å². The molecule has 0 radical (unpaired) electrons. The molecule has 0 rings (SSSR count). The third kappa shape index (κ3) is 7.49. The van der Waals surface area contributed by atoms with Crippen LogP contribution in [0.1, 0.15) is 40.0 Å². The molecule has 0 aliphatic carbocycles. The van der Waals surface area contributed by atoms with Gasteiger partial charge >= 0.3 is 12.4 Å². The van der Waals surface area contributed by atoms with Crippen molar-refractivity contribution in [3.05, 3.63) is 0 Å². The van der Waals surface area contributed by atoms with Gasteiger partial charge in [0.15, 0.2) is 0 Å². The summed E-state index contributed by atoms with van der Waals surface area (Å²) in [6, 6.07) is 0. The first-order chi connectivity index (χ1) is 7.43. The molecule has 0 aliphatic heterocycles. The van der Waals surface area contributed by atoms with E-state index in [0.29, 0.717) is 0 Å². The molecule has 104 valence electrons. The summed E-state index contributed by atoms with van der Waals surface area (Å²) in [7, 11) is 0. The Bertz CT molecular complexity index is 217. The Hall–Kier alpha value is -0.420. The number of halogens is 6. The van der Waals surface area contributed by atoms with Gasteiger partial charge in [0, 0.05) is 6.42 Å². The highest BCUT2D eigenvalue weighted by Gasteiger charge is 2.39. The molecule has 0 bridgehead atoms. The number of alkyl halides is 6. The van der Waals surface area contributed by atoms with Crippen LogP contribution in [0.5, 0.6) is 0 Å². The Morgan fingerprint density at radius 2 is 1.29 bits per heavy atom. The molecule has 17 heavy (non-hydrogen) atoms. The van der Waals surface area contributed by atoms with Gasteiger partial charge in [0.1, 0.15) is 0 Å². The molecule has 3 atom stereocenters. The van der Waals surface area contributed by atoms with Crippen molar-refractivity contribution in [3.63, 3.8) is 0 Å². The number of hydrogen-bond acceptors (Lipinski definition) is 0. The first-order valence-corrected chi connectivity index (χ1v) is 5.57. The van der Waals surface area contributed by atoms with Crippen molar-refractivity contribution in [1.29, 1.82) is 0 Å². The highest BCUT2D eigenvalue weighted by molar-refractivity contribution is 4.71. The van der Waals surface area contributed by atoms with E-state index in [1.54, 1.807) is 0 Å². The standard InChI is InChI=1S/C11H18F6/c1-7(6-10(12,13)14)4-5-8(2)9(3)11(15,16)17/h7-9H,4-6H2,1-3H3. The molecular weight excluding hydrogens is 246 g/mol. The maximum Gasteiger partial charge on any atom is 0.391 e. The van der Waals surface area contributed by atoms with Crippen molar-refractivity contribution in [2.24, 2.45) is 17.8 Å². The summed E-state index contributed by atoms with van der Waals surface area (Å²) in [6.07, 6.45) is -9.11. The minimum Gasteiger partial charge on any atom is -0.171 e. The normalized spacial score (nSPS) is 18.9. The smallest absolute Gasteiger partial charge is 0.171 e. The third-order valence-corrected chi connectivity index (χ3v) is 3.06. The van der Waals surface area contributed by atoms with Crippen LogP contribution in [0.4, 0.5) is 26.3 Å². The van der Waals surface area contributed by atoms with Gasteiger partial charge in [-0.05, 0) is 18.3 Å². The van der Waals surface area contributed by atoms with Crippen LogP contribution >= 0.6 is 0 Å². The van der Waals surface area contributed by atoms with Crippen LogP contribution in [0.25, 0.3) is 0 Å². The van der Waals surface area contributed by atoms with E-state index in [1.165, 1.54) is 13.8 Å². The number of hydrogen-bond donors (Lipinski definition) is 0.